The van der Waals surface area contributed by atoms with Gasteiger partial charge in [-0.05, 0) is 53.1 Å². The minimum Gasteiger partial charge on any atom is -0.346 e. The van der Waals surface area contributed by atoms with Crippen LogP contribution in [0.4, 0.5) is 11.4 Å². The van der Waals surface area contributed by atoms with Crippen LogP contribution in [0.2, 0.25) is 0 Å². The van der Waals surface area contributed by atoms with E-state index in [1.807, 2.05) is 0 Å². The Kier molecular flexibility index (Phi) is 4.49. The molecule has 0 saturated carbocycles. The van der Waals surface area contributed by atoms with Crippen molar-refractivity contribution in [2.45, 2.75) is 72.1 Å². The molecule has 0 radical (unpaired) electrons. The number of rotatable bonds is 4. The van der Waals surface area contributed by atoms with Gasteiger partial charge in [-0.2, -0.15) is 0 Å². The van der Waals surface area contributed by atoms with Crippen LogP contribution < -0.4 is 9.80 Å². The molecule has 0 aliphatic carbocycles. The van der Waals surface area contributed by atoms with Gasteiger partial charge in [0.15, 0.2) is 0 Å². The van der Waals surface area contributed by atoms with E-state index >= 15 is 0 Å². The maximum absolute atomic E-state index is 12.0. The van der Waals surface area contributed by atoms with E-state index in [0.717, 1.165) is 13.1 Å². The van der Waals surface area contributed by atoms with Crippen LogP contribution in [0.1, 0.15) is 75.1 Å². The molecule has 0 saturated heterocycles. The summed E-state index contributed by atoms with van der Waals surface area (Å²) in [6, 6.07) is 13.8. The molecule has 0 unspecified atom stereocenters. The molecule has 0 N–H and O–H groups in total. The second-order valence-electron chi connectivity index (χ2n) is 8.73. The Morgan fingerprint density at radius 2 is 1.33 bits per heavy atom. The highest BCUT2D eigenvalue weighted by molar-refractivity contribution is 5.79. The molecule has 2 bridgehead atoms. The maximum atomic E-state index is 12.0. The molecule has 2 aromatic rings. The Hall–Kier alpha value is -2.29. The van der Waals surface area contributed by atoms with E-state index in [1.165, 1.54) is 33.6 Å². The number of Topliss-reactive ketones (excluding diaryl/α,β-unsaturated/α-hetero) is 1. The summed E-state index contributed by atoms with van der Waals surface area (Å²) in [6.45, 7) is 12.4. The molecule has 2 aromatic carbocycles. The number of nitrogens with zero attached hydrogens (tertiary/aromatic N) is 2. The summed E-state index contributed by atoms with van der Waals surface area (Å²) in [5.41, 5.74) is 8.11. The second-order valence-corrected chi connectivity index (χ2v) is 8.73. The van der Waals surface area contributed by atoms with Crippen LogP contribution in [0.25, 0.3) is 0 Å². The number of ketones is 1. The highest BCUT2D eigenvalue weighted by Gasteiger charge is 2.38. The van der Waals surface area contributed by atoms with Crippen LogP contribution in [0.5, 0.6) is 0 Å². The molecule has 27 heavy (non-hydrogen) atoms. The Morgan fingerprint density at radius 3 is 1.70 bits per heavy atom. The van der Waals surface area contributed by atoms with E-state index in [9.17, 15) is 4.79 Å². The van der Waals surface area contributed by atoms with Crippen molar-refractivity contribution in [1.29, 1.82) is 0 Å². The van der Waals surface area contributed by atoms with Crippen LogP contribution in [-0.2, 0) is 17.9 Å². The monoisotopic (exact) mass is 362 g/mol. The smallest absolute Gasteiger partial charge is 0.133 e. The third-order valence-corrected chi connectivity index (χ3v) is 6.03. The zero-order valence-electron chi connectivity index (χ0n) is 17.1. The predicted molar refractivity (Wildman–Crippen MR) is 113 cm³/mol. The second kappa shape index (κ2) is 6.70. The van der Waals surface area contributed by atoms with Crippen molar-refractivity contribution in [3.8, 4) is 0 Å². The summed E-state index contributed by atoms with van der Waals surface area (Å²) in [4.78, 5) is 16.9. The minimum absolute atomic E-state index is 0.122. The quantitative estimate of drug-likeness (QED) is 0.709. The van der Waals surface area contributed by atoms with Crippen LogP contribution >= 0.6 is 0 Å². The zero-order chi connectivity index (χ0) is 19.3. The van der Waals surface area contributed by atoms with Gasteiger partial charge in [0, 0.05) is 30.9 Å². The van der Waals surface area contributed by atoms with Gasteiger partial charge >= 0.3 is 0 Å². The first kappa shape index (κ1) is 18.1. The number of fused-ring (bicyclic) bond motifs is 6. The number of carbonyl (C=O) groups excluding carboxylic acids is 1. The lowest BCUT2D eigenvalue weighted by molar-refractivity contribution is -0.117. The maximum Gasteiger partial charge on any atom is 0.133 e. The van der Waals surface area contributed by atoms with Crippen LogP contribution in [0.15, 0.2) is 36.4 Å². The first-order valence-corrected chi connectivity index (χ1v) is 10.1. The fraction of sp³-hybridized carbons (Fsp3) is 0.458. The average molecular weight is 363 g/mol. The van der Waals surface area contributed by atoms with Crippen LogP contribution in [0, 0.1) is 0 Å². The van der Waals surface area contributed by atoms with Gasteiger partial charge in [-0.25, -0.2) is 0 Å². The third-order valence-electron chi connectivity index (χ3n) is 6.03. The molecule has 142 valence electrons. The van der Waals surface area contributed by atoms with E-state index in [4.69, 9.17) is 0 Å². The Morgan fingerprint density at radius 1 is 0.889 bits per heavy atom. The van der Waals surface area contributed by atoms with E-state index in [1.54, 1.807) is 6.92 Å². The molecule has 2 aliphatic heterocycles. The van der Waals surface area contributed by atoms with Crippen molar-refractivity contribution in [1.82, 2.24) is 0 Å². The van der Waals surface area contributed by atoms with Gasteiger partial charge in [0.2, 0.25) is 0 Å². The van der Waals surface area contributed by atoms with Crippen molar-refractivity contribution in [3.05, 3.63) is 58.7 Å². The fourth-order valence-corrected chi connectivity index (χ4v) is 4.46. The lowest BCUT2D eigenvalue weighted by Gasteiger charge is -2.51. The van der Waals surface area contributed by atoms with Gasteiger partial charge in [-0.15, -0.1) is 0 Å². The molecular formula is C24H30N2O. The number of anilines is 2. The summed E-state index contributed by atoms with van der Waals surface area (Å²) >= 11 is 0. The van der Waals surface area contributed by atoms with E-state index < -0.39 is 0 Å². The molecule has 0 amide bonds. The van der Waals surface area contributed by atoms with E-state index in [0.29, 0.717) is 18.3 Å². The van der Waals surface area contributed by atoms with Gasteiger partial charge in [0.05, 0.1) is 0 Å². The molecule has 0 fully saturated rings. The summed E-state index contributed by atoms with van der Waals surface area (Å²) in [5, 5.41) is 0. The SMILES string of the molecule is CC(=O)CC1N2Cc3cc(C(C)C)ccc3N1Cc1cc(C(C)C)ccc12. The molecule has 0 aromatic heterocycles. The van der Waals surface area contributed by atoms with Gasteiger partial charge in [0.25, 0.3) is 0 Å². The molecule has 3 heteroatoms. The van der Waals surface area contributed by atoms with Gasteiger partial charge in [-0.3, -0.25) is 4.79 Å². The predicted octanol–water partition coefficient (Wildman–Crippen LogP) is 5.58. The van der Waals surface area contributed by atoms with Crippen molar-refractivity contribution in [3.63, 3.8) is 0 Å². The van der Waals surface area contributed by atoms with E-state index in [2.05, 4.69) is 73.9 Å². The Bertz CT molecular complexity index is 818. The first-order valence-electron chi connectivity index (χ1n) is 10.1. The zero-order valence-corrected chi connectivity index (χ0v) is 17.1. The van der Waals surface area contributed by atoms with Gasteiger partial charge in [0.1, 0.15) is 11.9 Å². The number of hydrogen-bond acceptors (Lipinski definition) is 3. The molecule has 4 rings (SSSR count). The van der Waals surface area contributed by atoms with E-state index in [-0.39, 0.29) is 11.9 Å². The molecule has 0 atom stereocenters. The van der Waals surface area contributed by atoms with Crippen molar-refractivity contribution < 1.29 is 4.79 Å². The largest absolute Gasteiger partial charge is 0.346 e. The number of benzene rings is 2. The molecule has 3 nitrogen and oxygen atoms in total. The summed E-state index contributed by atoms with van der Waals surface area (Å²) in [6.07, 6.45) is 0.689. The number of hydrogen-bond donors (Lipinski definition) is 0. The Labute approximate surface area is 163 Å². The lowest BCUT2D eigenvalue weighted by atomic mass is 9.91. The van der Waals surface area contributed by atoms with Crippen molar-refractivity contribution >= 4 is 17.2 Å². The standard InChI is InChI=1S/C24H30N2O/c1-15(2)18-6-8-22-20(11-18)13-25-23-9-7-19(16(3)4)12-21(23)14-26(22)24(25)10-17(5)27/h6-9,11-12,15-16,24H,10,13-14H2,1-5H3. The lowest BCUT2D eigenvalue weighted by Crippen LogP contribution is -2.55. The summed E-state index contributed by atoms with van der Waals surface area (Å²) < 4.78 is 0. The van der Waals surface area contributed by atoms with Gasteiger partial charge < -0.3 is 9.80 Å². The topological polar surface area (TPSA) is 23.6 Å². The minimum atomic E-state index is 0.122. The molecular weight excluding hydrogens is 332 g/mol. The molecule has 0 spiro atoms. The normalized spacial score (nSPS) is 16.0. The van der Waals surface area contributed by atoms with Crippen LogP contribution in [0.3, 0.4) is 0 Å². The number of carbonyl (C=O) groups is 1. The van der Waals surface area contributed by atoms with Gasteiger partial charge in [-0.1, -0.05) is 52.0 Å². The highest BCUT2D eigenvalue weighted by Crippen LogP contribution is 2.43. The molecule has 2 aliphatic rings. The summed E-state index contributed by atoms with van der Waals surface area (Å²) in [5.74, 6) is 1.30. The molecule has 2 heterocycles. The van der Waals surface area contributed by atoms with Crippen LogP contribution in [-0.4, -0.2) is 11.9 Å². The van der Waals surface area contributed by atoms with Crippen molar-refractivity contribution in [2.75, 3.05) is 9.80 Å². The Balaban J connectivity index is 1.81. The summed E-state index contributed by atoms with van der Waals surface area (Å²) in [7, 11) is 0. The first-order chi connectivity index (χ1) is 12.8. The average Bonchev–Trinajstić information content (AvgIpc) is 2.61. The fourth-order valence-electron chi connectivity index (χ4n) is 4.46. The highest BCUT2D eigenvalue weighted by atomic mass is 16.1. The third kappa shape index (κ3) is 3.13. The van der Waals surface area contributed by atoms with Crippen molar-refractivity contribution in [2.24, 2.45) is 0 Å².